The summed E-state index contributed by atoms with van der Waals surface area (Å²) in [6.07, 6.45) is 4.24. The Balaban J connectivity index is 2.07. The lowest BCUT2D eigenvalue weighted by Gasteiger charge is -2.25. The highest BCUT2D eigenvalue weighted by Gasteiger charge is 2.27. The molecule has 1 N–H and O–H groups in total. The number of nitrogens with zero attached hydrogens (tertiary/aromatic N) is 3. The van der Waals surface area contributed by atoms with Gasteiger partial charge in [0.2, 0.25) is 11.8 Å². The third-order valence-electron chi connectivity index (χ3n) is 3.27. The molecule has 98 valence electrons. The predicted octanol–water partition coefficient (Wildman–Crippen LogP) is -0.0715. The Hall–Kier alpha value is -1.85. The van der Waals surface area contributed by atoms with Crippen LogP contribution in [0.15, 0.2) is 12.4 Å². The van der Waals surface area contributed by atoms with E-state index in [9.17, 15) is 9.59 Å². The monoisotopic (exact) mass is 250 g/mol. The molecule has 0 radical (unpaired) electrons. The van der Waals surface area contributed by atoms with E-state index in [4.69, 9.17) is 0 Å². The fraction of sp³-hybridized carbons (Fsp3) is 0.583. The van der Waals surface area contributed by atoms with E-state index in [1.165, 1.54) is 0 Å². The van der Waals surface area contributed by atoms with Crippen LogP contribution in [0.4, 0.5) is 0 Å². The van der Waals surface area contributed by atoms with Crippen molar-refractivity contribution in [3.8, 4) is 0 Å². The van der Waals surface area contributed by atoms with Crippen LogP contribution in [0.1, 0.15) is 19.2 Å². The van der Waals surface area contributed by atoms with Gasteiger partial charge in [0.05, 0.1) is 0 Å². The Labute approximate surface area is 106 Å². The molecule has 1 aromatic heterocycles. The van der Waals surface area contributed by atoms with E-state index in [1.54, 1.807) is 28.8 Å². The molecular weight excluding hydrogens is 232 g/mol. The minimum atomic E-state index is -0.399. The molecule has 0 saturated carbocycles. The van der Waals surface area contributed by atoms with Gasteiger partial charge in [0.25, 0.3) is 0 Å². The second kappa shape index (κ2) is 5.20. The van der Waals surface area contributed by atoms with Gasteiger partial charge in [0, 0.05) is 25.5 Å². The van der Waals surface area contributed by atoms with Crippen LogP contribution in [0.2, 0.25) is 0 Å². The van der Waals surface area contributed by atoms with Gasteiger partial charge in [-0.15, -0.1) is 0 Å². The van der Waals surface area contributed by atoms with Crippen molar-refractivity contribution in [2.24, 2.45) is 0 Å². The quantitative estimate of drug-likeness (QED) is 0.799. The average molecular weight is 250 g/mol. The van der Waals surface area contributed by atoms with E-state index in [0.717, 1.165) is 12.2 Å². The highest BCUT2D eigenvalue weighted by Crippen LogP contribution is 2.07. The molecule has 2 rings (SSSR count). The highest BCUT2D eigenvalue weighted by atomic mass is 16.2. The molecule has 1 saturated heterocycles. The minimum Gasteiger partial charge on any atom is -0.354 e. The number of rotatable bonds is 2. The van der Waals surface area contributed by atoms with E-state index in [1.807, 2.05) is 6.92 Å². The van der Waals surface area contributed by atoms with Gasteiger partial charge < -0.3 is 14.8 Å². The molecule has 0 bridgehead atoms. The molecule has 2 heterocycles. The maximum absolute atomic E-state index is 12.2. The zero-order valence-electron chi connectivity index (χ0n) is 10.7. The van der Waals surface area contributed by atoms with Crippen LogP contribution in [-0.2, 0) is 16.1 Å². The first-order chi connectivity index (χ1) is 8.59. The van der Waals surface area contributed by atoms with Crippen molar-refractivity contribution in [1.29, 1.82) is 0 Å². The zero-order valence-corrected chi connectivity index (χ0v) is 10.7. The van der Waals surface area contributed by atoms with Crippen LogP contribution in [0.5, 0.6) is 0 Å². The highest BCUT2D eigenvalue weighted by molar-refractivity contribution is 5.87. The summed E-state index contributed by atoms with van der Waals surface area (Å²) in [6, 6.07) is -0.399. The first-order valence-electron chi connectivity index (χ1n) is 6.14. The van der Waals surface area contributed by atoms with E-state index < -0.39 is 6.04 Å². The number of carbonyl (C=O) groups is 2. The number of carbonyl (C=O) groups excluding carboxylic acids is 2. The fourth-order valence-corrected chi connectivity index (χ4v) is 2.09. The first-order valence-corrected chi connectivity index (χ1v) is 6.14. The van der Waals surface area contributed by atoms with Crippen LogP contribution in [0, 0.1) is 6.92 Å². The van der Waals surface area contributed by atoms with Gasteiger partial charge in [-0.3, -0.25) is 9.59 Å². The zero-order chi connectivity index (χ0) is 13.1. The van der Waals surface area contributed by atoms with Crippen molar-refractivity contribution in [2.75, 3.05) is 13.1 Å². The SMILES string of the molecule is Cc1nccn1CC(=O)N1CCCNC(=O)[C@@H]1C. The van der Waals surface area contributed by atoms with Gasteiger partial charge in [-0.1, -0.05) is 0 Å². The smallest absolute Gasteiger partial charge is 0.243 e. The Kier molecular flexibility index (Phi) is 3.64. The van der Waals surface area contributed by atoms with Gasteiger partial charge >= 0.3 is 0 Å². The molecule has 1 aliphatic heterocycles. The molecule has 0 spiro atoms. The molecule has 1 aliphatic rings. The summed E-state index contributed by atoms with van der Waals surface area (Å²) in [6.45, 7) is 5.11. The number of nitrogens with one attached hydrogen (secondary N) is 1. The van der Waals surface area contributed by atoms with E-state index in [0.29, 0.717) is 13.1 Å². The normalized spacial score (nSPS) is 20.4. The third kappa shape index (κ3) is 2.52. The van der Waals surface area contributed by atoms with Gasteiger partial charge in [0.1, 0.15) is 18.4 Å². The van der Waals surface area contributed by atoms with Crippen LogP contribution < -0.4 is 5.32 Å². The van der Waals surface area contributed by atoms with Crippen LogP contribution in [0.3, 0.4) is 0 Å². The third-order valence-corrected chi connectivity index (χ3v) is 3.27. The van der Waals surface area contributed by atoms with E-state index >= 15 is 0 Å². The lowest BCUT2D eigenvalue weighted by Crippen LogP contribution is -2.46. The first kappa shape index (κ1) is 12.6. The number of hydrogen-bond donors (Lipinski definition) is 1. The molecule has 6 heteroatoms. The lowest BCUT2D eigenvalue weighted by atomic mass is 10.2. The largest absolute Gasteiger partial charge is 0.354 e. The summed E-state index contributed by atoms with van der Waals surface area (Å²) >= 11 is 0. The van der Waals surface area contributed by atoms with E-state index in [2.05, 4.69) is 10.3 Å². The standard InChI is InChI=1S/C12H18N4O2/c1-9-12(18)14-4-3-6-16(9)11(17)8-15-7-5-13-10(15)2/h5,7,9H,3-4,6,8H2,1-2H3,(H,14,18)/t9-/m0/s1. The summed E-state index contributed by atoms with van der Waals surface area (Å²) in [4.78, 5) is 29.6. The Morgan fingerprint density at radius 2 is 2.39 bits per heavy atom. The van der Waals surface area contributed by atoms with Crippen molar-refractivity contribution < 1.29 is 9.59 Å². The van der Waals surface area contributed by atoms with Crippen LogP contribution in [-0.4, -0.2) is 45.4 Å². The maximum Gasteiger partial charge on any atom is 0.243 e. The number of hydrogen-bond acceptors (Lipinski definition) is 3. The van der Waals surface area contributed by atoms with Crippen molar-refractivity contribution in [3.05, 3.63) is 18.2 Å². The van der Waals surface area contributed by atoms with Gasteiger partial charge in [-0.25, -0.2) is 4.98 Å². The summed E-state index contributed by atoms with van der Waals surface area (Å²) in [5, 5.41) is 2.80. The number of imidazole rings is 1. The lowest BCUT2D eigenvalue weighted by molar-refractivity contribution is -0.139. The molecule has 0 aromatic carbocycles. The second-order valence-corrected chi connectivity index (χ2v) is 4.51. The molecule has 1 aromatic rings. The number of aromatic nitrogens is 2. The predicted molar refractivity (Wildman–Crippen MR) is 65.8 cm³/mol. The Morgan fingerprint density at radius 1 is 1.61 bits per heavy atom. The van der Waals surface area contributed by atoms with Gasteiger partial charge in [0.15, 0.2) is 0 Å². The maximum atomic E-state index is 12.2. The molecule has 18 heavy (non-hydrogen) atoms. The summed E-state index contributed by atoms with van der Waals surface area (Å²) in [7, 11) is 0. The molecule has 1 atom stereocenters. The molecule has 1 fully saturated rings. The van der Waals surface area contributed by atoms with E-state index in [-0.39, 0.29) is 18.4 Å². The summed E-state index contributed by atoms with van der Waals surface area (Å²) in [5.74, 6) is 0.680. The van der Waals surface area contributed by atoms with Crippen molar-refractivity contribution in [3.63, 3.8) is 0 Å². The Morgan fingerprint density at radius 3 is 3.06 bits per heavy atom. The summed E-state index contributed by atoms with van der Waals surface area (Å²) in [5.41, 5.74) is 0. The van der Waals surface area contributed by atoms with Crippen molar-refractivity contribution >= 4 is 11.8 Å². The molecule has 0 unspecified atom stereocenters. The topological polar surface area (TPSA) is 67.2 Å². The van der Waals surface area contributed by atoms with Gasteiger partial charge in [-0.2, -0.15) is 0 Å². The van der Waals surface area contributed by atoms with Crippen LogP contribution in [0.25, 0.3) is 0 Å². The number of amides is 2. The summed E-state index contributed by atoms with van der Waals surface area (Å²) < 4.78 is 1.79. The minimum absolute atomic E-state index is 0.0411. The Bertz CT molecular complexity index is 455. The van der Waals surface area contributed by atoms with Crippen molar-refractivity contribution in [2.45, 2.75) is 32.9 Å². The molecular formula is C12H18N4O2. The second-order valence-electron chi connectivity index (χ2n) is 4.51. The van der Waals surface area contributed by atoms with Gasteiger partial charge in [-0.05, 0) is 20.3 Å². The molecule has 2 amide bonds. The van der Waals surface area contributed by atoms with Crippen molar-refractivity contribution in [1.82, 2.24) is 19.8 Å². The molecule has 6 nitrogen and oxygen atoms in total. The average Bonchev–Trinajstić information content (AvgIpc) is 2.65. The molecule has 0 aliphatic carbocycles. The number of aryl methyl sites for hydroxylation is 1. The van der Waals surface area contributed by atoms with Crippen LogP contribution >= 0.6 is 0 Å². The fourth-order valence-electron chi connectivity index (χ4n) is 2.09.